The van der Waals surface area contributed by atoms with E-state index in [9.17, 15) is 31.5 Å². The van der Waals surface area contributed by atoms with Crippen LogP contribution in [-0.2, 0) is 20.8 Å². The van der Waals surface area contributed by atoms with Gasteiger partial charge in [0.05, 0.1) is 27.8 Å². The van der Waals surface area contributed by atoms with Gasteiger partial charge in [-0.25, -0.2) is 8.42 Å². The van der Waals surface area contributed by atoms with E-state index in [0.29, 0.717) is 6.07 Å². The first-order valence-electron chi connectivity index (χ1n) is 7.90. The SMILES string of the molecule is CC(O)(CS(=O)(=O)c1ccc(I)cc1)C(=O)Nc1ccc(C#N)c(C(F)(F)F)c1. The fourth-order valence-corrected chi connectivity index (χ4v) is 4.33. The first-order chi connectivity index (χ1) is 13.3. The number of anilines is 1. The lowest BCUT2D eigenvalue weighted by Gasteiger charge is -2.22. The van der Waals surface area contributed by atoms with Crippen LogP contribution >= 0.6 is 22.6 Å². The number of sulfone groups is 1. The van der Waals surface area contributed by atoms with E-state index in [2.05, 4.69) is 5.32 Å². The zero-order chi connectivity index (χ0) is 22.0. The topological polar surface area (TPSA) is 107 Å². The van der Waals surface area contributed by atoms with E-state index in [0.717, 1.165) is 22.6 Å². The molecule has 2 aromatic rings. The van der Waals surface area contributed by atoms with E-state index in [1.54, 1.807) is 0 Å². The minimum absolute atomic E-state index is 0.108. The second-order valence-corrected chi connectivity index (χ2v) is 9.55. The molecule has 0 aliphatic carbocycles. The normalized spacial score (nSPS) is 14.0. The number of rotatable bonds is 5. The third kappa shape index (κ3) is 5.68. The quantitative estimate of drug-likeness (QED) is 0.569. The summed E-state index contributed by atoms with van der Waals surface area (Å²) in [5.74, 6) is -2.18. The van der Waals surface area contributed by atoms with Gasteiger partial charge in [-0.2, -0.15) is 18.4 Å². The Hall–Kier alpha value is -2.17. The van der Waals surface area contributed by atoms with Gasteiger partial charge in [-0.05, 0) is 72.0 Å². The number of hydrogen-bond donors (Lipinski definition) is 2. The third-order valence-corrected chi connectivity index (χ3v) is 6.49. The van der Waals surface area contributed by atoms with Crippen LogP contribution in [0.2, 0.25) is 0 Å². The molecule has 0 saturated heterocycles. The second-order valence-electron chi connectivity index (χ2n) is 6.31. The summed E-state index contributed by atoms with van der Waals surface area (Å²) in [4.78, 5) is 12.2. The van der Waals surface area contributed by atoms with Crippen molar-refractivity contribution in [1.82, 2.24) is 0 Å². The van der Waals surface area contributed by atoms with Crippen LogP contribution in [0.3, 0.4) is 0 Å². The molecule has 0 fully saturated rings. The van der Waals surface area contributed by atoms with Crippen LogP contribution in [0, 0.1) is 14.9 Å². The molecule has 0 aliphatic heterocycles. The largest absolute Gasteiger partial charge is 0.417 e. The van der Waals surface area contributed by atoms with Crippen molar-refractivity contribution in [3.8, 4) is 6.07 Å². The highest BCUT2D eigenvalue weighted by atomic mass is 127. The predicted octanol–water partition coefficient (Wildman–Crippen LogP) is 3.35. The van der Waals surface area contributed by atoms with Crippen LogP contribution in [0.15, 0.2) is 47.4 Å². The zero-order valence-corrected chi connectivity index (χ0v) is 17.8. The van der Waals surface area contributed by atoms with E-state index < -0.39 is 44.4 Å². The maximum absolute atomic E-state index is 13.0. The van der Waals surface area contributed by atoms with Gasteiger partial charge in [0.1, 0.15) is 0 Å². The number of hydrogen-bond acceptors (Lipinski definition) is 5. The molecule has 0 spiro atoms. The van der Waals surface area contributed by atoms with Gasteiger partial charge in [-0.1, -0.05) is 0 Å². The van der Waals surface area contributed by atoms with Crippen LogP contribution in [0.4, 0.5) is 18.9 Å². The van der Waals surface area contributed by atoms with Crippen LogP contribution in [0.25, 0.3) is 0 Å². The highest BCUT2D eigenvalue weighted by Gasteiger charge is 2.38. The summed E-state index contributed by atoms with van der Waals surface area (Å²) in [6.07, 6.45) is -4.83. The smallest absolute Gasteiger partial charge is 0.379 e. The molecule has 2 aromatic carbocycles. The summed E-state index contributed by atoms with van der Waals surface area (Å²) < 4.78 is 64.8. The molecule has 1 amide bonds. The minimum atomic E-state index is -4.83. The fourth-order valence-electron chi connectivity index (χ4n) is 2.38. The number of nitriles is 1. The van der Waals surface area contributed by atoms with Crippen LogP contribution in [-0.4, -0.2) is 30.8 Å². The number of benzene rings is 2. The highest BCUT2D eigenvalue weighted by Crippen LogP contribution is 2.33. The Balaban J connectivity index is 2.25. The third-order valence-electron chi connectivity index (χ3n) is 3.84. The number of nitrogens with one attached hydrogen (secondary N) is 1. The molecule has 2 rings (SSSR count). The lowest BCUT2D eigenvalue weighted by atomic mass is 10.1. The highest BCUT2D eigenvalue weighted by molar-refractivity contribution is 14.1. The first kappa shape index (κ1) is 23.1. The number of carbonyl (C=O) groups excluding carboxylic acids is 1. The van der Waals surface area contributed by atoms with Crippen molar-refractivity contribution in [1.29, 1.82) is 5.26 Å². The van der Waals surface area contributed by atoms with E-state index in [-0.39, 0.29) is 10.6 Å². The Morgan fingerprint density at radius 3 is 2.31 bits per heavy atom. The number of aliphatic hydroxyl groups is 1. The molecular weight excluding hydrogens is 524 g/mol. The van der Waals surface area contributed by atoms with Gasteiger partial charge in [0.25, 0.3) is 5.91 Å². The summed E-state index contributed by atoms with van der Waals surface area (Å²) in [6, 6.07) is 9.59. The average molecular weight is 538 g/mol. The molecule has 29 heavy (non-hydrogen) atoms. The summed E-state index contributed by atoms with van der Waals surface area (Å²) in [5, 5.41) is 21.2. The summed E-state index contributed by atoms with van der Waals surface area (Å²) in [5.41, 5.74) is -4.66. The lowest BCUT2D eigenvalue weighted by Crippen LogP contribution is -2.45. The Morgan fingerprint density at radius 2 is 1.79 bits per heavy atom. The summed E-state index contributed by atoms with van der Waals surface area (Å²) >= 11 is 1.98. The van der Waals surface area contributed by atoms with Gasteiger partial charge >= 0.3 is 6.18 Å². The number of amides is 1. The van der Waals surface area contributed by atoms with Crippen molar-refractivity contribution in [3.05, 3.63) is 57.2 Å². The Labute approximate surface area is 178 Å². The first-order valence-corrected chi connectivity index (χ1v) is 10.6. The maximum Gasteiger partial charge on any atom is 0.417 e. The molecule has 2 N–H and O–H groups in total. The molecular formula is C18H14F3IN2O4S. The molecule has 154 valence electrons. The number of halogens is 4. The molecule has 0 heterocycles. The Bertz CT molecular complexity index is 1080. The second kappa shape index (κ2) is 8.29. The summed E-state index contributed by atoms with van der Waals surface area (Å²) in [6.45, 7) is 0.945. The molecule has 0 aromatic heterocycles. The van der Waals surface area contributed by atoms with Crippen molar-refractivity contribution in [3.63, 3.8) is 0 Å². The van der Waals surface area contributed by atoms with Gasteiger partial charge in [0.15, 0.2) is 15.4 Å². The van der Waals surface area contributed by atoms with Gasteiger partial charge in [-0.15, -0.1) is 0 Å². The average Bonchev–Trinajstić information content (AvgIpc) is 2.60. The number of carbonyl (C=O) groups is 1. The molecule has 6 nitrogen and oxygen atoms in total. The zero-order valence-electron chi connectivity index (χ0n) is 14.8. The van der Waals surface area contributed by atoms with E-state index in [1.165, 1.54) is 30.3 Å². The fraction of sp³-hybridized carbons (Fsp3) is 0.222. The molecule has 11 heteroatoms. The molecule has 0 aliphatic rings. The van der Waals surface area contributed by atoms with Gasteiger partial charge in [0.2, 0.25) is 0 Å². The van der Waals surface area contributed by atoms with Crippen LogP contribution in [0.5, 0.6) is 0 Å². The maximum atomic E-state index is 13.0. The molecule has 1 atom stereocenters. The minimum Gasteiger partial charge on any atom is -0.379 e. The van der Waals surface area contributed by atoms with E-state index >= 15 is 0 Å². The molecule has 0 radical (unpaired) electrons. The summed E-state index contributed by atoms with van der Waals surface area (Å²) in [7, 11) is -4.05. The number of nitrogens with zero attached hydrogens (tertiary/aromatic N) is 1. The molecule has 0 bridgehead atoms. The Morgan fingerprint density at radius 1 is 1.21 bits per heavy atom. The van der Waals surface area contributed by atoms with Crippen LogP contribution < -0.4 is 5.32 Å². The van der Waals surface area contributed by atoms with Crippen molar-refractivity contribution >= 4 is 44.0 Å². The Kier molecular flexibility index (Phi) is 6.61. The van der Waals surface area contributed by atoms with Crippen molar-refractivity contribution < 1.29 is 31.5 Å². The van der Waals surface area contributed by atoms with E-state index in [1.807, 2.05) is 22.6 Å². The lowest BCUT2D eigenvalue weighted by molar-refractivity contribution is -0.137. The van der Waals surface area contributed by atoms with Gasteiger partial charge < -0.3 is 10.4 Å². The van der Waals surface area contributed by atoms with Gasteiger partial charge in [-0.3, -0.25) is 4.79 Å². The number of alkyl halides is 3. The van der Waals surface area contributed by atoms with Crippen molar-refractivity contribution in [2.45, 2.75) is 23.6 Å². The van der Waals surface area contributed by atoms with Crippen molar-refractivity contribution in [2.75, 3.05) is 11.1 Å². The molecule has 0 saturated carbocycles. The van der Waals surface area contributed by atoms with Crippen LogP contribution in [0.1, 0.15) is 18.1 Å². The van der Waals surface area contributed by atoms with E-state index in [4.69, 9.17) is 5.26 Å². The molecule has 1 unspecified atom stereocenters. The van der Waals surface area contributed by atoms with Crippen molar-refractivity contribution in [2.24, 2.45) is 0 Å². The predicted molar refractivity (Wildman–Crippen MR) is 107 cm³/mol. The monoisotopic (exact) mass is 538 g/mol. The van der Waals surface area contributed by atoms with Gasteiger partial charge in [0, 0.05) is 9.26 Å². The standard InChI is InChI=1S/C18H14F3IN2O4S/c1-17(26,10-29(27,28)14-6-3-12(22)4-7-14)16(25)24-13-5-2-11(9-23)15(8-13)18(19,20)21/h2-8,26H,10H2,1H3,(H,24,25).